The van der Waals surface area contributed by atoms with Crippen molar-refractivity contribution in [1.29, 1.82) is 0 Å². The first-order valence-corrected chi connectivity index (χ1v) is 11.2. The molecule has 3 rings (SSSR count). The van der Waals surface area contributed by atoms with E-state index in [0.29, 0.717) is 21.8 Å². The van der Waals surface area contributed by atoms with Crippen molar-refractivity contribution in [3.63, 3.8) is 0 Å². The molecule has 0 aliphatic heterocycles. The molecule has 2 amide bonds. The van der Waals surface area contributed by atoms with Crippen molar-refractivity contribution in [3.05, 3.63) is 80.2 Å². The number of rotatable bonds is 6. The number of anilines is 2. The Bertz CT molecular complexity index is 1190. The summed E-state index contributed by atoms with van der Waals surface area (Å²) in [5.41, 5.74) is 3.80. The number of ether oxygens (including phenoxy) is 1. The molecule has 1 heterocycles. The van der Waals surface area contributed by atoms with Gasteiger partial charge < -0.3 is 15.4 Å². The summed E-state index contributed by atoms with van der Waals surface area (Å²) in [5.74, 6) is -1.38. The third kappa shape index (κ3) is 5.18. The normalized spacial score (nSPS) is 10.5. The first-order chi connectivity index (χ1) is 15.2. The molecule has 0 saturated carbocycles. The van der Waals surface area contributed by atoms with Crippen LogP contribution in [0.3, 0.4) is 0 Å². The van der Waals surface area contributed by atoms with E-state index in [-0.39, 0.29) is 22.0 Å². The number of amides is 2. The minimum absolute atomic E-state index is 0.201. The highest BCUT2D eigenvalue weighted by Crippen LogP contribution is 2.35. The molecule has 0 saturated heterocycles. The molecular weight excluding hydrogens is 448 g/mol. The van der Waals surface area contributed by atoms with Crippen LogP contribution in [0.4, 0.5) is 10.7 Å². The van der Waals surface area contributed by atoms with Crippen molar-refractivity contribution in [2.75, 3.05) is 17.2 Å². The average Bonchev–Trinajstić information content (AvgIpc) is 3.07. The first-order valence-electron chi connectivity index (χ1n) is 9.97. The Morgan fingerprint density at radius 2 is 1.62 bits per heavy atom. The fourth-order valence-corrected chi connectivity index (χ4v) is 4.27. The zero-order valence-electron chi connectivity index (χ0n) is 18.2. The maximum absolute atomic E-state index is 13.2. The summed E-state index contributed by atoms with van der Waals surface area (Å²) in [6.45, 7) is 7.51. The van der Waals surface area contributed by atoms with Gasteiger partial charge in [-0.05, 0) is 80.8 Å². The summed E-state index contributed by atoms with van der Waals surface area (Å²) in [6.07, 6.45) is 0. The molecule has 1 aromatic heterocycles. The van der Waals surface area contributed by atoms with Crippen LogP contribution in [-0.4, -0.2) is 24.4 Å². The van der Waals surface area contributed by atoms with E-state index in [1.54, 1.807) is 44.2 Å². The maximum atomic E-state index is 13.2. The zero-order chi connectivity index (χ0) is 23.4. The quantitative estimate of drug-likeness (QED) is 0.432. The minimum Gasteiger partial charge on any atom is -0.462 e. The zero-order valence-corrected chi connectivity index (χ0v) is 19.7. The number of hydrogen-bond donors (Lipinski definition) is 2. The Labute approximate surface area is 195 Å². The third-order valence-corrected chi connectivity index (χ3v) is 6.37. The third-order valence-electron chi connectivity index (χ3n) is 4.93. The van der Waals surface area contributed by atoms with Crippen LogP contribution < -0.4 is 10.6 Å². The Morgan fingerprint density at radius 1 is 0.938 bits per heavy atom. The van der Waals surface area contributed by atoms with Gasteiger partial charge in [0.05, 0.1) is 12.2 Å². The largest absolute Gasteiger partial charge is 0.462 e. The van der Waals surface area contributed by atoms with Gasteiger partial charge in [0.2, 0.25) is 0 Å². The Balaban J connectivity index is 1.97. The van der Waals surface area contributed by atoms with E-state index in [4.69, 9.17) is 16.3 Å². The SMILES string of the molecule is CCOC(=O)c1sc(NC(=O)c2ccc(Cl)cc2)c(C(=O)Nc2ccc(C)c(C)c2)c1C. The van der Waals surface area contributed by atoms with Crippen LogP contribution >= 0.6 is 22.9 Å². The van der Waals surface area contributed by atoms with Gasteiger partial charge in [-0.2, -0.15) is 0 Å². The van der Waals surface area contributed by atoms with Gasteiger partial charge in [0.1, 0.15) is 9.88 Å². The van der Waals surface area contributed by atoms with E-state index < -0.39 is 17.8 Å². The van der Waals surface area contributed by atoms with Gasteiger partial charge >= 0.3 is 5.97 Å². The second kappa shape index (κ2) is 9.97. The smallest absolute Gasteiger partial charge is 0.348 e. The van der Waals surface area contributed by atoms with Crippen LogP contribution in [0.1, 0.15) is 54.0 Å². The Hall–Kier alpha value is -3.16. The summed E-state index contributed by atoms with van der Waals surface area (Å²) >= 11 is 6.91. The molecule has 0 unspecified atom stereocenters. The monoisotopic (exact) mass is 470 g/mol. The van der Waals surface area contributed by atoms with E-state index in [1.807, 2.05) is 26.0 Å². The van der Waals surface area contributed by atoms with Crippen molar-refractivity contribution in [1.82, 2.24) is 0 Å². The molecule has 0 fully saturated rings. The van der Waals surface area contributed by atoms with Crippen molar-refractivity contribution in [2.45, 2.75) is 27.7 Å². The molecule has 166 valence electrons. The first kappa shape index (κ1) is 23.5. The van der Waals surface area contributed by atoms with Crippen molar-refractivity contribution < 1.29 is 19.1 Å². The molecule has 0 atom stereocenters. The lowest BCUT2D eigenvalue weighted by atomic mass is 10.1. The van der Waals surface area contributed by atoms with Crippen LogP contribution in [0.2, 0.25) is 5.02 Å². The Kier molecular flexibility index (Phi) is 7.33. The summed E-state index contributed by atoms with van der Waals surface area (Å²) in [5, 5.41) is 6.39. The summed E-state index contributed by atoms with van der Waals surface area (Å²) in [7, 11) is 0. The molecule has 0 bridgehead atoms. The molecule has 0 radical (unpaired) electrons. The molecule has 0 aliphatic carbocycles. The number of aryl methyl sites for hydroxylation is 2. The Morgan fingerprint density at radius 3 is 2.25 bits per heavy atom. The lowest BCUT2D eigenvalue weighted by Crippen LogP contribution is -2.17. The summed E-state index contributed by atoms with van der Waals surface area (Å²) < 4.78 is 5.12. The number of carbonyl (C=O) groups excluding carboxylic acids is 3. The van der Waals surface area contributed by atoms with E-state index in [0.717, 1.165) is 22.5 Å². The number of thiophene rings is 1. The van der Waals surface area contributed by atoms with Gasteiger partial charge in [0, 0.05) is 16.3 Å². The van der Waals surface area contributed by atoms with E-state index in [1.165, 1.54) is 0 Å². The number of carbonyl (C=O) groups is 3. The van der Waals surface area contributed by atoms with Crippen molar-refractivity contribution in [3.8, 4) is 0 Å². The number of benzene rings is 2. The number of nitrogens with one attached hydrogen (secondary N) is 2. The van der Waals surface area contributed by atoms with Crippen LogP contribution in [0, 0.1) is 20.8 Å². The molecule has 0 aliphatic rings. The second-order valence-electron chi connectivity index (χ2n) is 7.19. The molecule has 6 nitrogen and oxygen atoms in total. The van der Waals surface area contributed by atoms with E-state index in [9.17, 15) is 14.4 Å². The minimum atomic E-state index is -0.540. The second-order valence-corrected chi connectivity index (χ2v) is 8.65. The number of halogens is 1. The maximum Gasteiger partial charge on any atom is 0.348 e. The lowest BCUT2D eigenvalue weighted by molar-refractivity contribution is 0.0531. The van der Waals surface area contributed by atoms with Crippen LogP contribution in [-0.2, 0) is 4.74 Å². The van der Waals surface area contributed by atoms with Gasteiger partial charge in [0.15, 0.2) is 0 Å². The topological polar surface area (TPSA) is 84.5 Å². The summed E-state index contributed by atoms with van der Waals surface area (Å²) in [4.78, 5) is 38.6. The predicted octanol–water partition coefficient (Wildman–Crippen LogP) is 6.01. The molecule has 2 N–H and O–H groups in total. The van der Waals surface area contributed by atoms with Gasteiger partial charge in [0.25, 0.3) is 11.8 Å². The van der Waals surface area contributed by atoms with Gasteiger partial charge in [-0.15, -0.1) is 11.3 Å². The predicted molar refractivity (Wildman–Crippen MR) is 128 cm³/mol. The summed E-state index contributed by atoms with van der Waals surface area (Å²) in [6, 6.07) is 12.0. The standard InChI is InChI=1S/C24H23ClN2O4S/c1-5-31-24(30)20-15(4)19(22(29)26-18-11-6-13(2)14(3)12-18)23(32-20)27-21(28)16-7-9-17(25)10-8-16/h6-12H,5H2,1-4H3,(H,26,29)(H,27,28). The van der Waals surface area contributed by atoms with E-state index >= 15 is 0 Å². The van der Waals surface area contributed by atoms with Gasteiger partial charge in [-0.3, -0.25) is 9.59 Å². The molecule has 3 aromatic rings. The highest BCUT2D eigenvalue weighted by molar-refractivity contribution is 7.18. The van der Waals surface area contributed by atoms with Crippen LogP contribution in [0.15, 0.2) is 42.5 Å². The van der Waals surface area contributed by atoms with Crippen LogP contribution in [0.5, 0.6) is 0 Å². The van der Waals surface area contributed by atoms with Crippen molar-refractivity contribution in [2.24, 2.45) is 0 Å². The fraction of sp³-hybridized carbons (Fsp3) is 0.208. The number of esters is 1. The van der Waals surface area contributed by atoms with E-state index in [2.05, 4.69) is 10.6 Å². The average molecular weight is 471 g/mol. The van der Waals surface area contributed by atoms with Crippen LogP contribution in [0.25, 0.3) is 0 Å². The highest BCUT2D eigenvalue weighted by atomic mass is 35.5. The number of hydrogen-bond acceptors (Lipinski definition) is 5. The van der Waals surface area contributed by atoms with Crippen molar-refractivity contribution >= 4 is 51.4 Å². The van der Waals surface area contributed by atoms with Gasteiger partial charge in [-0.1, -0.05) is 17.7 Å². The van der Waals surface area contributed by atoms with Gasteiger partial charge in [-0.25, -0.2) is 4.79 Å². The highest BCUT2D eigenvalue weighted by Gasteiger charge is 2.27. The molecule has 32 heavy (non-hydrogen) atoms. The molecule has 8 heteroatoms. The molecule has 0 spiro atoms. The molecule has 2 aromatic carbocycles. The fourth-order valence-electron chi connectivity index (χ4n) is 3.06. The lowest BCUT2D eigenvalue weighted by Gasteiger charge is -2.10. The molecular formula is C24H23ClN2O4S.